The van der Waals surface area contributed by atoms with Gasteiger partial charge in [0.1, 0.15) is 5.82 Å². The Morgan fingerprint density at radius 1 is 1.21 bits per heavy atom. The lowest BCUT2D eigenvalue weighted by atomic mass is 10.1. The molecule has 0 saturated heterocycles. The summed E-state index contributed by atoms with van der Waals surface area (Å²) in [6, 6.07) is 6.91. The van der Waals surface area contributed by atoms with E-state index < -0.39 is 0 Å². The van der Waals surface area contributed by atoms with Crippen molar-refractivity contribution in [2.24, 2.45) is 0 Å². The molecular weight excluding hydrogens is 354 g/mol. The van der Waals surface area contributed by atoms with E-state index in [-0.39, 0.29) is 18.0 Å². The average Bonchev–Trinajstić information content (AvgIpc) is 2.42. The van der Waals surface area contributed by atoms with Gasteiger partial charge in [-0.05, 0) is 19.4 Å². The van der Waals surface area contributed by atoms with E-state index in [2.05, 4.69) is 36.4 Å². The number of unbranched alkanes of at least 4 members (excludes halogenated alkanes) is 3. The molecule has 0 aromatic heterocycles. The lowest BCUT2D eigenvalue weighted by Gasteiger charge is -2.21. The Kier molecular flexibility index (Phi) is 8.62. The van der Waals surface area contributed by atoms with Gasteiger partial charge in [0, 0.05) is 9.99 Å². The zero-order valence-electron chi connectivity index (χ0n) is 11.9. The summed E-state index contributed by atoms with van der Waals surface area (Å²) in [5.74, 6) is -0.164. The molecule has 0 N–H and O–H groups in total. The summed E-state index contributed by atoms with van der Waals surface area (Å²) < 4.78 is 20.5. The van der Waals surface area contributed by atoms with E-state index in [1.165, 1.54) is 31.7 Å². The van der Waals surface area contributed by atoms with Crippen molar-refractivity contribution < 1.29 is 9.13 Å². The predicted molar refractivity (Wildman–Crippen MR) is 87.3 cm³/mol. The summed E-state index contributed by atoms with van der Waals surface area (Å²) in [6.45, 7) is 4.30. The van der Waals surface area contributed by atoms with Crippen LogP contribution in [0.4, 0.5) is 4.39 Å². The molecular formula is C16H24FIO. The number of ether oxygens (including phenoxy) is 1. The third kappa shape index (κ3) is 6.21. The van der Waals surface area contributed by atoms with Crippen LogP contribution in [0.5, 0.6) is 0 Å². The predicted octanol–water partition coefficient (Wildman–Crippen LogP) is 5.68. The highest BCUT2D eigenvalue weighted by molar-refractivity contribution is 14.1. The molecule has 1 rings (SSSR count). The molecule has 108 valence electrons. The summed E-state index contributed by atoms with van der Waals surface area (Å²) in [4.78, 5) is 0. The van der Waals surface area contributed by atoms with Crippen molar-refractivity contribution in [1.29, 1.82) is 0 Å². The molecule has 19 heavy (non-hydrogen) atoms. The van der Waals surface area contributed by atoms with Crippen LogP contribution in [0.1, 0.15) is 57.6 Å². The van der Waals surface area contributed by atoms with Gasteiger partial charge in [0.15, 0.2) is 0 Å². The Labute approximate surface area is 130 Å². The quantitative estimate of drug-likeness (QED) is 0.305. The van der Waals surface area contributed by atoms with Crippen LogP contribution in [-0.4, -0.2) is 10.5 Å². The molecule has 0 aliphatic rings. The maximum atomic E-state index is 13.7. The molecule has 1 aromatic rings. The highest BCUT2D eigenvalue weighted by atomic mass is 127. The molecule has 0 fully saturated rings. The molecule has 1 nitrogen and oxygen atoms in total. The van der Waals surface area contributed by atoms with Gasteiger partial charge in [0.05, 0.1) is 12.2 Å². The van der Waals surface area contributed by atoms with E-state index >= 15 is 0 Å². The van der Waals surface area contributed by atoms with E-state index in [1.807, 2.05) is 12.1 Å². The summed E-state index contributed by atoms with van der Waals surface area (Å²) in [7, 11) is 0. The summed E-state index contributed by atoms with van der Waals surface area (Å²) in [5, 5.41) is 0. The number of halogens is 2. The molecule has 0 radical (unpaired) electrons. The molecule has 0 saturated carbocycles. The second-order valence-corrected chi connectivity index (χ2v) is 5.84. The van der Waals surface area contributed by atoms with Gasteiger partial charge in [-0.1, -0.05) is 73.4 Å². The fraction of sp³-hybridized carbons (Fsp3) is 0.625. The molecule has 0 amide bonds. The SMILES string of the molecule is CCCCCCC(C)OC(CI)c1ccccc1F. The van der Waals surface area contributed by atoms with Crippen LogP contribution in [0, 0.1) is 5.82 Å². The molecule has 0 bridgehead atoms. The van der Waals surface area contributed by atoms with E-state index in [0.717, 1.165) is 10.8 Å². The van der Waals surface area contributed by atoms with Crippen molar-refractivity contribution in [3.8, 4) is 0 Å². The van der Waals surface area contributed by atoms with Gasteiger partial charge in [0.2, 0.25) is 0 Å². The minimum atomic E-state index is -0.164. The first kappa shape index (κ1) is 16.9. The van der Waals surface area contributed by atoms with Crippen LogP contribution in [0.15, 0.2) is 24.3 Å². The molecule has 1 aromatic carbocycles. The maximum Gasteiger partial charge on any atom is 0.129 e. The highest BCUT2D eigenvalue weighted by Crippen LogP contribution is 2.25. The summed E-state index contributed by atoms with van der Waals surface area (Å²) in [6.07, 6.45) is 6.11. The second-order valence-electron chi connectivity index (χ2n) is 4.96. The first-order valence-electron chi connectivity index (χ1n) is 7.14. The third-order valence-electron chi connectivity index (χ3n) is 3.25. The number of hydrogen-bond donors (Lipinski definition) is 0. The Hall–Kier alpha value is -0.160. The third-order valence-corrected chi connectivity index (χ3v) is 4.05. The van der Waals surface area contributed by atoms with Gasteiger partial charge in [-0.2, -0.15) is 0 Å². The Bertz CT molecular complexity index is 356. The summed E-state index contributed by atoms with van der Waals surface area (Å²) >= 11 is 2.26. The van der Waals surface area contributed by atoms with E-state index in [4.69, 9.17) is 4.74 Å². The van der Waals surface area contributed by atoms with Crippen molar-refractivity contribution >= 4 is 22.6 Å². The fourth-order valence-corrected chi connectivity index (χ4v) is 2.82. The fourth-order valence-electron chi connectivity index (χ4n) is 2.14. The van der Waals surface area contributed by atoms with Crippen molar-refractivity contribution in [1.82, 2.24) is 0 Å². The number of rotatable bonds is 9. The van der Waals surface area contributed by atoms with Gasteiger partial charge in [-0.15, -0.1) is 0 Å². The maximum absolute atomic E-state index is 13.7. The van der Waals surface area contributed by atoms with Crippen LogP contribution in [0.2, 0.25) is 0 Å². The van der Waals surface area contributed by atoms with E-state index in [0.29, 0.717) is 5.56 Å². The van der Waals surface area contributed by atoms with Gasteiger partial charge < -0.3 is 4.74 Å². The number of alkyl halides is 1. The van der Waals surface area contributed by atoms with E-state index in [9.17, 15) is 4.39 Å². The van der Waals surface area contributed by atoms with Gasteiger partial charge in [0.25, 0.3) is 0 Å². The molecule has 0 heterocycles. The van der Waals surface area contributed by atoms with Gasteiger partial charge in [-0.3, -0.25) is 0 Å². The Balaban J connectivity index is 2.46. The van der Waals surface area contributed by atoms with Crippen LogP contribution in [0.3, 0.4) is 0 Å². The van der Waals surface area contributed by atoms with Crippen molar-refractivity contribution in [3.05, 3.63) is 35.6 Å². The normalized spacial score (nSPS) is 14.3. The smallest absolute Gasteiger partial charge is 0.129 e. The van der Waals surface area contributed by atoms with Crippen LogP contribution >= 0.6 is 22.6 Å². The van der Waals surface area contributed by atoms with Gasteiger partial charge in [-0.25, -0.2) is 4.39 Å². The Morgan fingerprint density at radius 3 is 2.58 bits per heavy atom. The monoisotopic (exact) mass is 378 g/mol. The molecule has 3 heteroatoms. The van der Waals surface area contributed by atoms with Crippen molar-refractivity contribution in [3.63, 3.8) is 0 Å². The largest absolute Gasteiger partial charge is 0.370 e. The minimum absolute atomic E-state index is 0.136. The molecule has 2 atom stereocenters. The number of hydrogen-bond acceptors (Lipinski definition) is 1. The lowest BCUT2D eigenvalue weighted by molar-refractivity contribution is 0.00415. The molecule has 2 unspecified atom stereocenters. The first-order chi connectivity index (χ1) is 9.19. The zero-order valence-corrected chi connectivity index (χ0v) is 14.0. The Morgan fingerprint density at radius 2 is 1.95 bits per heavy atom. The topological polar surface area (TPSA) is 9.23 Å². The van der Waals surface area contributed by atoms with Gasteiger partial charge >= 0.3 is 0 Å². The van der Waals surface area contributed by atoms with Crippen molar-refractivity contribution in [2.75, 3.05) is 4.43 Å². The molecule has 0 spiro atoms. The summed E-state index contributed by atoms with van der Waals surface area (Å²) in [5.41, 5.74) is 0.678. The van der Waals surface area contributed by atoms with Crippen LogP contribution in [-0.2, 0) is 4.74 Å². The van der Waals surface area contributed by atoms with Crippen LogP contribution < -0.4 is 0 Å². The first-order valence-corrected chi connectivity index (χ1v) is 8.67. The minimum Gasteiger partial charge on any atom is -0.370 e. The van der Waals surface area contributed by atoms with Crippen molar-refractivity contribution in [2.45, 2.75) is 58.2 Å². The molecule has 0 aliphatic heterocycles. The lowest BCUT2D eigenvalue weighted by Crippen LogP contribution is -2.16. The average molecular weight is 378 g/mol. The highest BCUT2D eigenvalue weighted by Gasteiger charge is 2.17. The molecule has 0 aliphatic carbocycles. The van der Waals surface area contributed by atoms with Crippen LogP contribution in [0.25, 0.3) is 0 Å². The second kappa shape index (κ2) is 9.70. The standard InChI is InChI=1S/C16H24FIO/c1-3-4-5-6-9-13(2)19-16(12-18)14-10-7-8-11-15(14)17/h7-8,10-11,13,16H,3-6,9,12H2,1-2H3. The number of benzene rings is 1. The zero-order chi connectivity index (χ0) is 14.1. The van der Waals surface area contributed by atoms with E-state index in [1.54, 1.807) is 6.07 Å².